The van der Waals surface area contributed by atoms with Gasteiger partial charge in [0.2, 0.25) is 0 Å². The third-order valence-electron chi connectivity index (χ3n) is 20.1. The monoisotopic (exact) mass is 893 g/mol. The minimum Gasteiger partial charge on any atom is -0.507 e. The van der Waals surface area contributed by atoms with E-state index in [9.17, 15) is 10.2 Å². The molecule has 0 radical (unpaired) electrons. The Morgan fingerprint density at radius 3 is 1.53 bits per heavy atom. The van der Waals surface area contributed by atoms with Crippen LogP contribution in [0.1, 0.15) is 173 Å². The summed E-state index contributed by atoms with van der Waals surface area (Å²) >= 11 is 0. The maximum atomic E-state index is 12.9. The second kappa shape index (κ2) is 14.2. The summed E-state index contributed by atoms with van der Waals surface area (Å²) in [5.41, 5.74) is 9.94. The molecule has 11 atom stereocenters. The molecule has 7 bridgehead atoms. The van der Waals surface area contributed by atoms with Crippen LogP contribution in [0.5, 0.6) is 11.5 Å². The number of aromatic hydroxyl groups is 2. The number of phenolic OH excluding ortho intramolecular Hbond substituents is 2. The van der Waals surface area contributed by atoms with Gasteiger partial charge in [0, 0.05) is 34.3 Å². The lowest BCUT2D eigenvalue weighted by atomic mass is 9.40. The Kier molecular flexibility index (Phi) is 9.73. The first-order chi connectivity index (χ1) is 30.0. The van der Waals surface area contributed by atoms with E-state index in [1.54, 1.807) is 0 Å². The summed E-state index contributed by atoms with van der Waals surface area (Å²) in [6.07, 6.45) is 18.3. The molecule has 0 aliphatic heterocycles. The van der Waals surface area contributed by atoms with Crippen LogP contribution in [0.15, 0.2) is 84.9 Å². The zero-order chi connectivity index (χ0) is 45.1. The van der Waals surface area contributed by atoms with E-state index in [0.717, 1.165) is 36.5 Å². The van der Waals surface area contributed by atoms with Gasteiger partial charge in [-0.15, -0.1) is 0 Å². The lowest BCUT2D eigenvalue weighted by Crippen LogP contribution is -2.57. The van der Waals surface area contributed by atoms with Crippen LogP contribution in [0.3, 0.4) is 0 Å². The fraction of sp³-hybridized carbons (Fsp3) is 0.600. The molecule has 0 amide bonds. The molecule has 64 heavy (non-hydrogen) atoms. The number of phenols is 2. The van der Waals surface area contributed by atoms with Crippen molar-refractivity contribution in [2.24, 2.45) is 38.9 Å². The molecule has 8 aliphatic rings. The SMILES string of the molecule is CC12CC3CC(c4cc(C(C)(C)C)cc(CP(CC[P@](Cc5cc(C(C)(C)C)cc(C67CC8CC9(C)CC(C)(C6)C9(C8)C7)c5O)c5ccccc5)c5ccccc5)c4O)(C1)CC3(C)C2. The number of rotatable bonds is 11. The Morgan fingerprint density at radius 1 is 0.531 bits per heavy atom. The van der Waals surface area contributed by atoms with E-state index in [2.05, 4.69) is 154 Å². The fourth-order valence-electron chi connectivity index (χ4n) is 18.1. The molecule has 12 rings (SSSR count). The van der Waals surface area contributed by atoms with Gasteiger partial charge in [-0.2, -0.15) is 0 Å². The average molecular weight is 893 g/mol. The van der Waals surface area contributed by atoms with E-state index >= 15 is 0 Å². The highest BCUT2D eigenvalue weighted by Crippen LogP contribution is 2.89. The zero-order valence-corrected chi connectivity index (χ0v) is 42.9. The number of hydrogen-bond donors (Lipinski definition) is 2. The van der Waals surface area contributed by atoms with Crippen LogP contribution in [-0.4, -0.2) is 22.5 Å². The first kappa shape index (κ1) is 43.9. The van der Waals surface area contributed by atoms with Gasteiger partial charge in [0.1, 0.15) is 11.5 Å². The molecule has 10 unspecified atom stereocenters. The second-order valence-corrected chi connectivity index (χ2v) is 31.7. The van der Waals surface area contributed by atoms with Crippen molar-refractivity contribution in [3.63, 3.8) is 0 Å². The van der Waals surface area contributed by atoms with Gasteiger partial charge >= 0.3 is 0 Å². The first-order valence-electron chi connectivity index (χ1n) is 25.3. The maximum absolute atomic E-state index is 12.9. The molecule has 340 valence electrons. The number of hydrogen-bond acceptors (Lipinski definition) is 2. The minimum atomic E-state index is -0.632. The van der Waals surface area contributed by atoms with Crippen LogP contribution in [0, 0.1) is 38.9 Å². The average Bonchev–Trinajstić information content (AvgIpc) is 3.69. The van der Waals surface area contributed by atoms with Crippen LogP contribution in [0.2, 0.25) is 0 Å². The van der Waals surface area contributed by atoms with Crippen LogP contribution < -0.4 is 10.6 Å². The topological polar surface area (TPSA) is 40.5 Å². The lowest BCUT2D eigenvalue weighted by molar-refractivity contribution is -0.157. The summed E-state index contributed by atoms with van der Waals surface area (Å²) in [5, 5.41) is 28.5. The third-order valence-corrected chi connectivity index (χ3v) is 25.5. The second-order valence-electron chi connectivity index (χ2n) is 27.0. The highest BCUT2D eigenvalue weighted by molar-refractivity contribution is 7.68. The molecule has 2 N–H and O–H groups in total. The van der Waals surface area contributed by atoms with Gasteiger partial charge in [-0.05, 0) is 166 Å². The van der Waals surface area contributed by atoms with Crippen molar-refractivity contribution in [2.75, 3.05) is 12.3 Å². The van der Waals surface area contributed by atoms with Crippen molar-refractivity contribution in [3.05, 3.63) is 118 Å². The van der Waals surface area contributed by atoms with E-state index in [0.29, 0.717) is 38.6 Å². The molecule has 2 nitrogen and oxygen atoms in total. The van der Waals surface area contributed by atoms with Crippen molar-refractivity contribution in [1.82, 2.24) is 0 Å². The fourth-order valence-corrected chi connectivity index (χ4v) is 23.8. The van der Waals surface area contributed by atoms with Crippen molar-refractivity contribution in [2.45, 2.75) is 174 Å². The van der Waals surface area contributed by atoms with Crippen molar-refractivity contribution in [3.8, 4) is 11.5 Å². The summed E-state index contributed by atoms with van der Waals surface area (Å²) in [5.74, 6) is 2.79. The van der Waals surface area contributed by atoms with E-state index in [1.807, 2.05) is 0 Å². The largest absolute Gasteiger partial charge is 0.507 e. The van der Waals surface area contributed by atoms with E-state index < -0.39 is 15.8 Å². The Labute approximate surface area is 389 Å². The molecule has 0 saturated heterocycles. The minimum absolute atomic E-state index is 0.0112. The lowest BCUT2D eigenvalue weighted by Gasteiger charge is -2.64. The predicted molar refractivity (Wildman–Crippen MR) is 273 cm³/mol. The third kappa shape index (κ3) is 6.57. The van der Waals surface area contributed by atoms with E-state index in [1.165, 1.54) is 115 Å². The van der Waals surface area contributed by atoms with Gasteiger partial charge in [0.15, 0.2) is 0 Å². The number of benzene rings is 4. The van der Waals surface area contributed by atoms with Crippen LogP contribution >= 0.6 is 15.8 Å². The Morgan fingerprint density at radius 2 is 1.05 bits per heavy atom. The Hall–Kier alpha value is -2.66. The van der Waals surface area contributed by atoms with E-state index in [4.69, 9.17) is 0 Å². The zero-order valence-electron chi connectivity index (χ0n) is 41.1. The maximum Gasteiger partial charge on any atom is 0.122 e. The van der Waals surface area contributed by atoms with Crippen molar-refractivity contribution >= 4 is 26.5 Å². The summed E-state index contributed by atoms with van der Waals surface area (Å²) in [7, 11) is -1.26. The molecular formula is C60H78O2P2. The highest BCUT2D eigenvalue weighted by atomic mass is 31.1. The first-order valence-corrected chi connectivity index (χ1v) is 28.8. The molecule has 0 aromatic heterocycles. The Bertz CT molecular complexity index is 2500. The van der Waals surface area contributed by atoms with Gasteiger partial charge in [-0.3, -0.25) is 0 Å². The van der Waals surface area contributed by atoms with Gasteiger partial charge < -0.3 is 10.2 Å². The molecular weight excluding hydrogens is 815 g/mol. The highest BCUT2D eigenvalue weighted by Gasteiger charge is 2.81. The summed E-state index contributed by atoms with van der Waals surface area (Å²) < 4.78 is 0. The van der Waals surface area contributed by atoms with Gasteiger partial charge in [0.25, 0.3) is 0 Å². The van der Waals surface area contributed by atoms with Crippen LogP contribution in [0.25, 0.3) is 0 Å². The Balaban J connectivity index is 0.949. The van der Waals surface area contributed by atoms with Gasteiger partial charge in [0.05, 0.1) is 0 Å². The summed E-state index contributed by atoms with van der Waals surface area (Å²) in [6, 6.07) is 32.4. The number of fused-ring (bicyclic) bond motifs is 2. The molecule has 4 aromatic rings. The molecule has 0 heterocycles. The van der Waals surface area contributed by atoms with Crippen molar-refractivity contribution < 1.29 is 10.2 Å². The van der Waals surface area contributed by atoms with Crippen LogP contribution in [-0.2, 0) is 34.0 Å². The molecule has 4 heteroatoms. The van der Waals surface area contributed by atoms with Crippen molar-refractivity contribution in [1.29, 1.82) is 0 Å². The molecule has 4 aromatic carbocycles. The molecule has 8 saturated carbocycles. The predicted octanol–water partition coefficient (Wildman–Crippen LogP) is 15.1. The molecule has 8 aliphatic carbocycles. The normalized spacial score (nSPS) is 37.5. The van der Waals surface area contributed by atoms with Crippen LogP contribution in [0.4, 0.5) is 0 Å². The summed E-state index contributed by atoms with van der Waals surface area (Å²) in [6.45, 7) is 24.6. The van der Waals surface area contributed by atoms with Gasteiger partial charge in [-0.1, -0.05) is 170 Å². The standard InChI is InChI=1S/C60H78O2P2/c1-52(2,3)43-23-41(50(61)48(25-43)58-28-40-27-56(9)37-57(10,38-58)60(56,29-40)39-58)32-63(46-17-13-11-14-18-46)21-22-64(47-19-15-12-16-20-47)33-42-24-44(53(4,5)6)26-49(51(42)62)59-31-45-30-54(7,35-59)34-55(45,8)36-59/h11-20,23-26,40,45,61-62H,21-22,27-39H2,1-10H3/t40?,45?,54?,55?,56?,57?,58?,59?,60?,63-,64?/m1/s1. The van der Waals surface area contributed by atoms with Gasteiger partial charge in [-0.25, -0.2) is 0 Å². The summed E-state index contributed by atoms with van der Waals surface area (Å²) in [4.78, 5) is 0. The quantitative estimate of drug-likeness (QED) is 0.147. The molecule has 8 fully saturated rings. The molecule has 1 spiro atoms. The van der Waals surface area contributed by atoms with E-state index in [-0.39, 0.29) is 21.7 Å². The smallest absolute Gasteiger partial charge is 0.122 e.